The van der Waals surface area contributed by atoms with Crippen LogP contribution in [-0.4, -0.2) is 32.9 Å². The Morgan fingerprint density at radius 3 is 2.38 bits per heavy atom. The lowest BCUT2D eigenvalue weighted by Crippen LogP contribution is -2.14. The van der Waals surface area contributed by atoms with E-state index in [-0.39, 0.29) is 5.75 Å². The first-order valence-electron chi connectivity index (χ1n) is 7.88. The van der Waals surface area contributed by atoms with Crippen LogP contribution >= 0.6 is 11.8 Å². The van der Waals surface area contributed by atoms with Crippen LogP contribution in [0.2, 0.25) is 0 Å². The second-order valence-electron chi connectivity index (χ2n) is 5.72. The van der Waals surface area contributed by atoms with Crippen LogP contribution in [0.1, 0.15) is 11.1 Å². The van der Waals surface area contributed by atoms with Gasteiger partial charge in [-0.2, -0.15) is 18.6 Å². The molecule has 1 aliphatic heterocycles. The van der Waals surface area contributed by atoms with Crippen LogP contribution in [0.5, 0.6) is 5.75 Å². The van der Waals surface area contributed by atoms with E-state index in [1.165, 1.54) is 23.9 Å². The summed E-state index contributed by atoms with van der Waals surface area (Å²) in [7, 11) is 0. The van der Waals surface area contributed by atoms with Crippen molar-refractivity contribution in [2.24, 2.45) is 5.10 Å². The van der Waals surface area contributed by atoms with Gasteiger partial charge in [-0.05, 0) is 36.8 Å². The molecule has 0 radical (unpaired) electrons. The van der Waals surface area contributed by atoms with E-state index < -0.39 is 6.61 Å². The molecule has 1 aliphatic rings. The lowest BCUT2D eigenvalue weighted by Gasteiger charge is -2.14. The maximum absolute atomic E-state index is 12.3. The summed E-state index contributed by atoms with van der Waals surface area (Å²) in [4.78, 5) is 0. The van der Waals surface area contributed by atoms with Crippen molar-refractivity contribution in [3.05, 3.63) is 59.7 Å². The van der Waals surface area contributed by atoms with Gasteiger partial charge in [0.05, 0.1) is 5.71 Å². The molecule has 2 heterocycles. The van der Waals surface area contributed by atoms with Crippen molar-refractivity contribution in [2.75, 3.05) is 5.75 Å². The van der Waals surface area contributed by atoms with E-state index in [1.54, 1.807) is 16.8 Å². The summed E-state index contributed by atoms with van der Waals surface area (Å²) >= 11 is 1.53. The van der Waals surface area contributed by atoms with Crippen LogP contribution in [0, 0.1) is 6.92 Å². The van der Waals surface area contributed by atoms with Crippen molar-refractivity contribution in [1.82, 2.24) is 14.9 Å². The number of hydrogen-bond donors (Lipinski definition) is 0. The Labute approximate surface area is 152 Å². The first-order valence-corrected chi connectivity index (χ1v) is 8.87. The van der Waals surface area contributed by atoms with Gasteiger partial charge in [0, 0.05) is 11.3 Å². The third-order valence-corrected chi connectivity index (χ3v) is 4.82. The Hall–Kier alpha value is -2.74. The lowest BCUT2D eigenvalue weighted by molar-refractivity contribution is -0.0498. The first-order chi connectivity index (χ1) is 12.6. The fourth-order valence-electron chi connectivity index (χ4n) is 2.58. The van der Waals surface area contributed by atoms with Gasteiger partial charge in [0.15, 0.2) is 5.82 Å². The largest absolute Gasteiger partial charge is 0.435 e. The highest BCUT2D eigenvalue weighted by atomic mass is 32.2. The average molecular weight is 372 g/mol. The van der Waals surface area contributed by atoms with Gasteiger partial charge in [0.1, 0.15) is 5.75 Å². The van der Waals surface area contributed by atoms with Crippen molar-refractivity contribution in [3.63, 3.8) is 0 Å². The zero-order valence-electron chi connectivity index (χ0n) is 13.8. The molecule has 0 fully saturated rings. The van der Waals surface area contributed by atoms with Crippen LogP contribution in [0.25, 0.3) is 11.4 Å². The number of benzene rings is 2. The van der Waals surface area contributed by atoms with E-state index in [4.69, 9.17) is 0 Å². The van der Waals surface area contributed by atoms with Crippen molar-refractivity contribution in [3.8, 4) is 17.1 Å². The number of halogens is 2. The van der Waals surface area contributed by atoms with E-state index >= 15 is 0 Å². The summed E-state index contributed by atoms with van der Waals surface area (Å²) in [6.07, 6.45) is 0. The third kappa shape index (κ3) is 3.32. The highest BCUT2D eigenvalue weighted by Gasteiger charge is 2.20. The molecule has 0 saturated carbocycles. The SMILES string of the molecule is Cc1ccc(-c2nnc3n2N=C(c2ccc(OC(F)F)cc2)CS3)cc1. The molecule has 0 amide bonds. The number of nitrogens with zero attached hydrogens (tertiary/aromatic N) is 4. The number of aryl methyl sites for hydroxylation is 1. The average Bonchev–Trinajstić information content (AvgIpc) is 3.06. The van der Waals surface area contributed by atoms with Crippen molar-refractivity contribution in [2.45, 2.75) is 18.7 Å². The van der Waals surface area contributed by atoms with Crippen molar-refractivity contribution < 1.29 is 13.5 Å². The Balaban J connectivity index is 1.66. The predicted octanol–water partition coefficient (Wildman–Crippen LogP) is 4.21. The molecule has 8 heteroatoms. The molecule has 5 nitrogen and oxygen atoms in total. The normalized spacial score (nSPS) is 13.5. The maximum atomic E-state index is 12.3. The molecule has 3 aromatic rings. The minimum atomic E-state index is -2.83. The van der Waals surface area contributed by atoms with Gasteiger partial charge < -0.3 is 4.74 Å². The van der Waals surface area contributed by atoms with E-state index in [1.807, 2.05) is 31.2 Å². The highest BCUT2D eigenvalue weighted by Crippen LogP contribution is 2.29. The second kappa shape index (κ2) is 6.87. The molecule has 0 atom stereocenters. The van der Waals surface area contributed by atoms with E-state index in [2.05, 4.69) is 20.0 Å². The Bertz CT molecular complexity index is 952. The summed E-state index contributed by atoms with van der Waals surface area (Å²) in [5.41, 5.74) is 3.75. The molecule has 0 bridgehead atoms. The number of thioether (sulfide) groups is 1. The molecule has 0 N–H and O–H groups in total. The molecule has 26 heavy (non-hydrogen) atoms. The van der Waals surface area contributed by atoms with Crippen LogP contribution in [0.4, 0.5) is 8.78 Å². The number of alkyl halides is 2. The van der Waals surface area contributed by atoms with Crippen LogP contribution < -0.4 is 4.74 Å². The minimum Gasteiger partial charge on any atom is -0.435 e. The Kier molecular flexibility index (Phi) is 4.42. The van der Waals surface area contributed by atoms with Crippen LogP contribution in [0.3, 0.4) is 0 Å². The standard InChI is InChI=1S/C18H14F2N4OS/c1-11-2-4-13(5-3-11)16-21-22-18-24(16)23-15(10-26-18)12-6-8-14(9-7-12)25-17(19)20/h2-9,17H,10H2,1H3. The molecule has 4 rings (SSSR count). The zero-order chi connectivity index (χ0) is 18.1. The van der Waals surface area contributed by atoms with Gasteiger partial charge in [-0.1, -0.05) is 41.6 Å². The fraction of sp³-hybridized carbons (Fsp3) is 0.167. The van der Waals surface area contributed by atoms with E-state index in [0.717, 1.165) is 27.6 Å². The van der Waals surface area contributed by atoms with Crippen molar-refractivity contribution in [1.29, 1.82) is 0 Å². The smallest absolute Gasteiger partial charge is 0.387 e. The predicted molar refractivity (Wildman–Crippen MR) is 95.9 cm³/mol. The third-order valence-electron chi connectivity index (χ3n) is 3.89. The second-order valence-corrected chi connectivity index (χ2v) is 6.66. The molecule has 132 valence electrons. The minimum absolute atomic E-state index is 0.123. The summed E-state index contributed by atoms with van der Waals surface area (Å²) in [5.74, 6) is 1.42. The topological polar surface area (TPSA) is 52.3 Å². The van der Waals surface area contributed by atoms with Crippen LogP contribution in [-0.2, 0) is 0 Å². The molecule has 0 saturated heterocycles. The maximum Gasteiger partial charge on any atom is 0.387 e. The summed E-state index contributed by atoms with van der Waals surface area (Å²) in [6.45, 7) is -0.809. The number of hydrogen-bond acceptors (Lipinski definition) is 5. The Morgan fingerprint density at radius 2 is 1.69 bits per heavy atom. The summed E-state index contributed by atoms with van der Waals surface area (Å²) < 4.78 is 30.6. The quantitative estimate of drug-likeness (QED) is 0.688. The number of aromatic nitrogens is 3. The fourth-order valence-corrected chi connectivity index (χ4v) is 3.42. The summed E-state index contributed by atoms with van der Waals surface area (Å²) in [5, 5.41) is 13.8. The molecular formula is C18H14F2N4OS. The van der Waals surface area contributed by atoms with Gasteiger partial charge in [-0.3, -0.25) is 0 Å². The van der Waals surface area contributed by atoms with Crippen LogP contribution in [0.15, 0.2) is 58.8 Å². The molecule has 0 spiro atoms. The lowest BCUT2D eigenvalue weighted by atomic mass is 10.1. The molecule has 1 aromatic heterocycles. The zero-order valence-corrected chi connectivity index (χ0v) is 14.6. The Morgan fingerprint density at radius 1 is 1.00 bits per heavy atom. The van der Waals surface area contributed by atoms with Gasteiger partial charge in [-0.25, -0.2) is 0 Å². The number of ether oxygens (including phenoxy) is 1. The van der Waals surface area contributed by atoms with Gasteiger partial charge in [0.2, 0.25) is 5.16 Å². The van der Waals surface area contributed by atoms with E-state index in [9.17, 15) is 8.78 Å². The first kappa shape index (κ1) is 16.7. The van der Waals surface area contributed by atoms with Gasteiger partial charge in [-0.15, -0.1) is 10.2 Å². The molecule has 0 unspecified atom stereocenters. The van der Waals surface area contributed by atoms with E-state index in [0.29, 0.717) is 11.6 Å². The number of rotatable bonds is 4. The summed E-state index contributed by atoms with van der Waals surface area (Å²) in [6, 6.07) is 14.5. The molecular weight excluding hydrogens is 358 g/mol. The number of fused-ring (bicyclic) bond motifs is 1. The monoisotopic (exact) mass is 372 g/mol. The molecule has 0 aliphatic carbocycles. The van der Waals surface area contributed by atoms with Crippen molar-refractivity contribution >= 4 is 17.5 Å². The highest BCUT2D eigenvalue weighted by molar-refractivity contribution is 7.99. The molecule has 2 aromatic carbocycles. The van der Waals surface area contributed by atoms with Gasteiger partial charge >= 0.3 is 6.61 Å². The van der Waals surface area contributed by atoms with Gasteiger partial charge in [0.25, 0.3) is 0 Å².